The lowest BCUT2D eigenvalue weighted by Gasteiger charge is -1.97. The van der Waals surface area contributed by atoms with Crippen molar-refractivity contribution in [1.82, 2.24) is 9.97 Å². The van der Waals surface area contributed by atoms with Crippen LogP contribution in [-0.2, 0) is 0 Å². The fraction of sp³-hybridized carbons (Fsp3) is 0. The Hall–Kier alpha value is -0.360. The van der Waals surface area contributed by atoms with Crippen LogP contribution in [-0.4, -0.2) is 9.97 Å². The van der Waals surface area contributed by atoms with Gasteiger partial charge in [0, 0.05) is 11.6 Å². The van der Waals surface area contributed by atoms with Gasteiger partial charge in [-0.1, -0.05) is 11.6 Å². The van der Waals surface area contributed by atoms with Gasteiger partial charge in [0.25, 0.3) is 0 Å². The van der Waals surface area contributed by atoms with E-state index in [9.17, 15) is 4.39 Å². The number of aromatic amines is 1. The minimum absolute atomic E-state index is 0.130. The second-order valence-electron chi connectivity index (χ2n) is 2.27. The Labute approximate surface area is 86.3 Å². The third-order valence-electron chi connectivity index (χ3n) is 1.55. The predicted octanol–water partition coefficient (Wildman–Crippen LogP) is 2.96. The molecule has 2 rings (SSSR count). The smallest absolute Gasteiger partial charge is 0.174 e. The zero-order valence-corrected chi connectivity index (χ0v) is 8.65. The van der Waals surface area contributed by atoms with E-state index < -0.39 is 5.82 Å². The molecule has 0 amide bonds. The zero-order valence-electron chi connectivity index (χ0n) is 5.74. The molecule has 62 valence electrons. The van der Waals surface area contributed by atoms with Crippen molar-refractivity contribution in [2.24, 2.45) is 0 Å². The van der Waals surface area contributed by atoms with Crippen LogP contribution in [0.4, 0.5) is 4.39 Å². The maximum atomic E-state index is 13.1. The van der Waals surface area contributed by atoms with Crippen molar-refractivity contribution in [2.45, 2.75) is 0 Å². The molecule has 0 aliphatic heterocycles. The Balaban J connectivity index is 2.94. The number of aromatic nitrogens is 2. The number of hydrogen-bond donors (Lipinski definition) is 1. The summed E-state index contributed by atoms with van der Waals surface area (Å²) in [5, 5.41) is 0.750. The van der Waals surface area contributed by atoms with Crippen LogP contribution in [0.3, 0.4) is 0 Å². The van der Waals surface area contributed by atoms with E-state index in [-0.39, 0.29) is 8.72 Å². The number of nitrogens with zero attached hydrogens (tertiary/aromatic N) is 1. The Morgan fingerprint density at radius 1 is 1.58 bits per heavy atom. The van der Waals surface area contributed by atoms with Gasteiger partial charge in [0.1, 0.15) is 9.35 Å². The first-order valence-electron chi connectivity index (χ1n) is 3.17. The average molecular weight is 296 g/mol. The van der Waals surface area contributed by atoms with Gasteiger partial charge in [0.15, 0.2) is 5.82 Å². The molecule has 0 bridgehead atoms. The van der Waals surface area contributed by atoms with E-state index in [0.717, 1.165) is 0 Å². The molecule has 2 aromatic heterocycles. The van der Waals surface area contributed by atoms with Gasteiger partial charge < -0.3 is 4.98 Å². The third-order valence-corrected chi connectivity index (χ3v) is 2.63. The zero-order chi connectivity index (χ0) is 8.72. The van der Waals surface area contributed by atoms with Crippen LogP contribution < -0.4 is 0 Å². The van der Waals surface area contributed by atoms with Gasteiger partial charge >= 0.3 is 0 Å². The van der Waals surface area contributed by atoms with E-state index >= 15 is 0 Å². The summed E-state index contributed by atoms with van der Waals surface area (Å²) in [4.78, 5) is 6.83. The van der Waals surface area contributed by atoms with Crippen molar-refractivity contribution in [2.75, 3.05) is 0 Å². The van der Waals surface area contributed by atoms with Crippen LogP contribution in [0.25, 0.3) is 11.0 Å². The molecule has 5 heteroatoms. The van der Waals surface area contributed by atoms with Crippen molar-refractivity contribution in [3.8, 4) is 0 Å². The molecule has 0 aliphatic carbocycles. The maximum absolute atomic E-state index is 13.1. The molecule has 2 nitrogen and oxygen atoms in total. The SMILES string of the molecule is Fc1c(I)nc2[nH]ccc2c1Cl. The van der Waals surface area contributed by atoms with Crippen LogP contribution in [0.1, 0.15) is 0 Å². The van der Waals surface area contributed by atoms with Gasteiger partial charge in [0.2, 0.25) is 0 Å². The number of nitrogens with one attached hydrogen (secondary N) is 1. The van der Waals surface area contributed by atoms with Crippen LogP contribution in [0.15, 0.2) is 12.3 Å². The molecule has 0 saturated heterocycles. The Morgan fingerprint density at radius 2 is 2.33 bits per heavy atom. The van der Waals surface area contributed by atoms with Gasteiger partial charge in [-0.25, -0.2) is 9.37 Å². The minimum atomic E-state index is -0.454. The lowest BCUT2D eigenvalue weighted by atomic mass is 10.3. The fourth-order valence-corrected chi connectivity index (χ4v) is 1.90. The van der Waals surface area contributed by atoms with Crippen LogP contribution in [0, 0.1) is 9.52 Å². The summed E-state index contributed by atoms with van der Waals surface area (Å²) in [6, 6.07) is 1.70. The second-order valence-corrected chi connectivity index (χ2v) is 3.67. The normalized spacial score (nSPS) is 10.9. The molecule has 0 atom stereocenters. The van der Waals surface area contributed by atoms with Gasteiger partial charge in [-0.15, -0.1) is 0 Å². The number of fused-ring (bicyclic) bond motifs is 1. The van der Waals surface area contributed by atoms with Gasteiger partial charge in [0.05, 0.1) is 5.02 Å². The molecule has 0 aromatic carbocycles. The van der Waals surface area contributed by atoms with E-state index in [2.05, 4.69) is 9.97 Å². The Bertz CT molecular complexity index is 440. The first kappa shape index (κ1) is 8.25. The number of halogens is 3. The Kier molecular flexibility index (Phi) is 1.96. The number of hydrogen-bond acceptors (Lipinski definition) is 1. The summed E-state index contributed by atoms with van der Waals surface area (Å²) in [7, 11) is 0. The summed E-state index contributed by atoms with van der Waals surface area (Å²) in [5.74, 6) is -0.454. The molecule has 0 aliphatic rings. The van der Waals surface area contributed by atoms with E-state index in [0.29, 0.717) is 11.0 Å². The highest BCUT2D eigenvalue weighted by molar-refractivity contribution is 14.1. The molecule has 0 spiro atoms. The Morgan fingerprint density at radius 3 is 3.08 bits per heavy atom. The van der Waals surface area contributed by atoms with Crippen molar-refractivity contribution in [3.63, 3.8) is 0 Å². The van der Waals surface area contributed by atoms with E-state index in [1.54, 1.807) is 34.9 Å². The van der Waals surface area contributed by atoms with Crippen LogP contribution in [0.2, 0.25) is 5.02 Å². The molecule has 2 heterocycles. The largest absolute Gasteiger partial charge is 0.346 e. The summed E-state index contributed by atoms with van der Waals surface area (Å²) in [6.45, 7) is 0. The topological polar surface area (TPSA) is 28.7 Å². The summed E-state index contributed by atoms with van der Waals surface area (Å²) in [5.41, 5.74) is 0.616. The standard InChI is InChI=1S/C7H3ClFIN2/c8-4-3-1-2-11-7(3)12-6(10)5(4)9/h1-2H,(H,11,12). The predicted molar refractivity (Wildman–Crippen MR) is 53.8 cm³/mol. The van der Waals surface area contributed by atoms with Crippen molar-refractivity contribution >= 4 is 45.2 Å². The lowest BCUT2D eigenvalue weighted by Crippen LogP contribution is -1.89. The summed E-state index contributed by atoms with van der Waals surface area (Å²) < 4.78 is 13.4. The van der Waals surface area contributed by atoms with Gasteiger partial charge in [-0.05, 0) is 28.7 Å². The van der Waals surface area contributed by atoms with Crippen molar-refractivity contribution in [1.29, 1.82) is 0 Å². The van der Waals surface area contributed by atoms with Crippen molar-refractivity contribution in [3.05, 3.63) is 26.8 Å². The highest BCUT2D eigenvalue weighted by Gasteiger charge is 2.11. The first-order chi connectivity index (χ1) is 5.70. The quantitative estimate of drug-likeness (QED) is 0.587. The minimum Gasteiger partial charge on any atom is -0.346 e. The molecule has 0 radical (unpaired) electrons. The van der Waals surface area contributed by atoms with Crippen molar-refractivity contribution < 1.29 is 4.39 Å². The average Bonchev–Trinajstić information content (AvgIpc) is 2.48. The molecular weight excluding hydrogens is 293 g/mol. The van der Waals surface area contributed by atoms with Gasteiger partial charge in [-0.2, -0.15) is 0 Å². The summed E-state index contributed by atoms with van der Waals surface area (Å²) >= 11 is 7.54. The first-order valence-corrected chi connectivity index (χ1v) is 4.63. The lowest BCUT2D eigenvalue weighted by molar-refractivity contribution is 0.615. The molecule has 1 N–H and O–H groups in total. The van der Waals surface area contributed by atoms with Gasteiger partial charge in [-0.3, -0.25) is 0 Å². The number of H-pyrrole nitrogens is 1. The van der Waals surface area contributed by atoms with E-state index in [4.69, 9.17) is 11.6 Å². The number of pyridine rings is 1. The molecule has 0 saturated carbocycles. The van der Waals surface area contributed by atoms with E-state index in [1.807, 2.05) is 0 Å². The monoisotopic (exact) mass is 296 g/mol. The van der Waals surface area contributed by atoms with Crippen LogP contribution in [0.5, 0.6) is 0 Å². The highest BCUT2D eigenvalue weighted by atomic mass is 127. The van der Waals surface area contributed by atoms with E-state index in [1.165, 1.54) is 0 Å². The second kappa shape index (κ2) is 2.85. The fourth-order valence-electron chi connectivity index (χ4n) is 0.986. The molecular formula is C7H3ClFIN2. The number of rotatable bonds is 0. The summed E-state index contributed by atoms with van der Waals surface area (Å²) in [6.07, 6.45) is 1.68. The molecule has 0 fully saturated rings. The third kappa shape index (κ3) is 1.09. The molecule has 0 unspecified atom stereocenters. The highest BCUT2D eigenvalue weighted by Crippen LogP contribution is 2.26. The molecule has 2 aromatic rings. The van der Waals surface area contributed by atoms with Crippen LogP contribution >= 0.6 is 34.2 Å². The molecule has 12 heavy (non-hydrogen) atoms. The maximum Gasteiger partial charge on any atom is 0.174 e.